The minimum Gasteiger partial charge on any atom is -0.489 e. The fourth-order valence-electron chi connectivity index (χ4n) is 2.65. The highest BCUT2D eigenvalue weighted by atomic mass is 16.5. The van der Waals surface area contributed by atoms with E-state index in [-0.39, 0.29) is 0 Å². The Balaban J connectivity index is 1.40. The van der Waals surface area contributed by atoms with Crippen molar-refractivity contribution in [3.8, 4) is 17.0 Å². The molecule has 1 amide bonds. The lowest BCUT2D eigenvalue weighted by atomic mass is 10.1. The Morgan fingerprint density at radius 2 is 2.00 bits per heavy atom. The molecule has 0 bridgehead atoms. The lowest BCUT2D eigenvalue weighted by Gasteiger charge is -2.07. The summed E-state index contributed by atoms with van der Waals surface area (Å²) in [5.41, 5.74) is 5.29. The van der Waals surface area contributed by atoms with Crippen molar-refractivity contribution < 1.29 is 13.9 Å². The molecule has 0 atom stereocenters. The number of hydrogen-bond acceptors (Lipinski definition) is 5. The van der Waals surface area contributed by atoms with E-state index >= 15 is 0 Å². The minimum absolute atomic E-state index is 0.298. The first-order valence-electron chi connectivity index (χ1n) is 8.97. The van der Waals surface area contributed by atoms with Gasteiger partial charge >= 0.3 is 0 Å². The number of furan rings is 1. The van der Waals surface area contributed by atoms with Gasteiger partial charge in [0.15, 0.2) is 0 Å². The van der Waals surface area contributed by atoms with Gasteiger partial charge in [0, 0.05) is 5.56 Å². The summed E-state index contributed by atoms with van der Waals surface area (Å²) < 4.78 is 11.0. The molecule has 0 unspecified atom stereocenters. The van der Waals surface area contributed by atoms with Crippen LogP contribution < -0.4 is 10.2 Å². The average Bonchev–Trinajstić information content (AvgIpc) is 3.46. The molecule has 0 aliphatic heterocycles. The second kappa shape index (κ2) is 8.71. The molecular formula is C22H18N4O3. The van der Waals surface area contributed by atoms with Crippen LogP contribution in [0.5, 0.6) is 5.75 Å². The maximum Gasteiger partial charge on any atom is 0.289 e. The van der Waals surface area contributed by atoms with E-state index in [1.165, 1.54) is 12.5 Å². The van der Waals surface area contributed by atoms with Gasteiger partial charge in [-0.2, -0.15) is 10.2 Å². The third-order valence-corrected chi connectivity index (χ3v) is 4.10. The van der Waals surface area contributed by atoms with E-state index in [2.05, 4.69) is 20.7 Å². The Bertz CT molecular complexity index is 1100. The first kappa shape index (κ1) is 18.2. The van der Waals surface area contributed by atoms with Gasteiger partial charge in [-0.15, -0.1) is 0 Å². The summed E-state index contributed by atoms with van der Waals surface area (Å²) in [7, 11) is 0. The zero-order valence-electron chi connectivity index (χ0n) is 15.4. The molecule has 144 valence electrons. The molecule has 4 rings (SSSR count). The van der Waals surface area contributed by atoms with Crippen LogP contribution in [-0.4, -0.2) is 22.3 Å². The van der Waals surface area contributed by atoms with E-state index in [1.807, 2.05) is 54.6 Å². The number of hydrogen-bond donors (Lipinski definition) is 2. The van der Waals surface area contributed by atoms with E-state index in [1.54, 1.807) is 18.2 Å². The Labute approximate surface area is 167 Å². The highest BCUT2D eigenvalue weighted by molar-refractivity contribution is 5.93. The second-order valence-corrected chi connectivity index (χ2v) is 6.18. The quantitative estimate of drug-likeness (QED) is 0.371. The number of rotatable bonds is 7. The van der Waals surface area contributed by atoms with Crippen LogP contribution in [0.3, 0.4) is 0 Å². The van der Waals surface area contributed by atoms with Gasteiger partial charge in [0.25, 0.3) is 5.91 Å². The predicted molar refractivity (Wildman–Crippen MR) is 109 cm³/mol. The lowest BCUT2D eigenvalue weighted by Crippen LogP contribution is -2.17. The average molecular weight is 386 g/mol. The van der Waals surface area contributed by atoms with Gasteiger partial charge in [-0.25, -0.2) is 5.43 Å². The summed E-state index contributed by atoms with van der Waals surface area (Å²) in [5, 5.41) is 10.8. The van der Waals surface area contributed by atoms with Crippen molar-refractivity contribution in [1.29, 1.82) is 0 Å². The van der Waals surface area contributed by atoms with Crippen molar-refractivity contribution in [2.45, 2.75) is 6.61 Å². The molecule has 2 aromatic heterocycles. The first-order chi connectivity index (χ1) is 14.3. The standard InChI is InChI=1S/C22H18N4O3/c27-22(26-23-14-19-10-5-11-28-19)21-13-20(24-25-21)17-8-4-9-18(12-17)29-15-16-6-2-1-3-7-16/h1-14H,15H2,(H,24,25)(H,26,27)/b23-14+. The van der Waals surface area contributed by atoms with Gasteiger partial charge in [-0.1, -0.05) is 42.5 Å². The van der Waals surface area contributed by atoms with Crippen LogP contribution in [0.25, 0.3) is 11.3 Å². The monoisotopic (exact) mass is 386 g/mol. The summed E-state index contributed by atoms with van der Waals surface area (Å²) in [6.45, 7) is 0.478. The largest absolute Gasteiger partial charge is 0.489 e. The number of aromatic nitrogens is 2. The SMILES string of the molecule is O=C(N/N=C/c1ccco1)c1cc(-c2cccc(OCc3ccccc3)c2)n[nH]1. The molecule has 0 radical (unpaired) electrons. The molecule has 0 saturated carbocycles. The number of ether oxygens (including phenoxy) is 1. The molecule has 0 saturated heterocycles. The number of carbonyl (C=O) groups excluding carboxylic acids is 1. The predicted octanol–water partition coefficient (Wildman–Crippen LogP) is 4.01. The summed E-state index contributed by atoms with van der Waals surface area (Å²) in [4.78, 5) is 12.2. The van der Waals surface area contributed by atoms with Crippen molar-refractivity contribution in [2.24, 2.45) is 5.10 Å². The van der Waals surface area contributed by atoms with Crippen LogP contribution in [0.1, 0.15) is 21.8 Å². The lowest BCUT2D eigenvalue weighted by molar-refractivity contribution is 0.0950. The Hall–Kier alpha value is -4.13. The Morgan fingerprint density at radius 3 is 2.83 bits per heavy atom. The number of amides is 1. The third kappa shape index (κ3) is 4.78. The maximum absolute atomic E-state index is 12.2. The highest BCUT2D eigenvalue weighted by Crippen LogP contribution is 2.23. The van der Waals surface area contributed by atoms with E-state index in [0.717, 1.165) is 16.9 Å². The second-order valence-electron chi connectivity index (χ2n) is 6.18. The Kier molecular flexibility index (Phi) is 5.48. The zero-order chi connectivity index (χ0) is 19.9. The fourth-order valence-corrected chi connectivity index (χ4v) is 2.65. The molecule has 0 aliphatic carbocycles. The molecule has 0 aliphatic rings. The van der Waals surface area contributed by atoms with Gasteiger partial charge in [-0.05, 0) is 35.9 Å². The molecule has 2 N–H and O–H groups in total. The Morgan fingerprint density at radius 1 is 1.10 bits per heavy atom. The molecule has 0 spiro atoms. The summed E-state index contributed by atoms with van der Waals surface area (Å²) >= 11 is 0. The van der Waals surface area contributed by atoms with Gasteiger partial charge in [0.1, 0.15) is 23.8 Å². The molecular weight excluding hydrogens is 368 g/mol. The number of nitrogens with one attached hydrogen (secondary N) is 2. The van der Waals surface area contributed by atoms with Gasteiger partial charge in [-0.3, -0.25) is 9.89 Å². The molecule has 2 heterocycles. The number of hydrazone groups is 1. The third-order valence-electron chi connectivity index (χ3n) is 4.10. The van der Waals surface area contributed by atoms with Crippen LogP contribution >= 0.6 is 0 Å². The maximum atomic E-state index is 12.2. The van der Waals surface area contributed by atoms with E-state index in [9.17, 15) is 4.79 Å². The van der Waals surface area contributed by atoms with Crippen LogP contribution in [0.15, 0.2) is 88.6 Å². The van der Waals surface area contributed by atoms with Gasteiger partial charge < -0.3 is 9.15 Å². The smallest absolute Gasteiger partial charge is 0.289 e. The number of H-pyrrole nitrogens is 1. The molecule has 0 fully saturated rings. The minimum atomic E-state index is -0.400. The van der Waals surface area contributed by atoms with Crippen LogP contribution in [0, 0.1) is 0 Å². The first-order valence-corrected chi connectivity index (χ1v) is 8.97. The topological polar surface area (TPSA) is 92.5 Å². The fraction of sp³-hybridized carbons (Fsp3) is 0.0455. The van der Waals surface area contributed by atoms with Crippen LogP contribution in [-0.2, 0) is 6.61 Å². The number of benzene rings is 2. The zero-order valence-corrected chi connectivity index (χ0v) is 15.4. The normalized spacial score (nSPS) is 10.9. The number of aromatic amines is 1. The van der Waals surface area contributed by atoms with E-state index in [4.69, 9.17) is 9.15 Å². The number of carbonyl (C=O) groups is 1. The summed E-state index contributed by atoms with van der Waals surface area (Å²) in [5.74, 6) is 0.870. The van der Waals surface area contributed by atoms with Crippen molar-refractivity contribution in [1.82, 2.24) is 15.6 Å². The molecule has 7 heteroatoms. The summed E-state index contributed by atoms with van der Waals surface area (Å²) in [6.07, 6.45) is 2.95. The van der Waals surface area contributed by atoms with Crippen molar-refractivity contribution in [2.75, 3.05) is 0 Å². The van der Waals surface area contributed by atoms with Crippen molar-refractivity contribution in [3.05, 3.63) is 96.1 Å². The van der Waals surface area contributed by atoms with Gasteiger partial charge in [0.2, 0.25) is 0 Å². The number of nitrogens with zero attached hydrogens (tertiary/aromatic N) is 2. The molecule has 2 aromatic carbocycles. The molecule has 29 heavy (non-hydrogen) atoms. The van der Waals surface area contributed by atoms with E-state index in [0.29, 0.717) is 23.8 Å². The van der Waals surface area contributed by atoms with Gasteiger partial charge in [0.05, 0.1) is 18.2 Å². The van der Waals surface area contributed by atoms with Crippen LogP contribution in [0.4, 0.5) is 0 Å². The molecule has 4 aromatic rings. The highest BCUT2D eigenvalue weighted by Gasteiger charge is 2.11. The van der Waals surface area contributed by atoms with Crippen molar-refractivity contribution >= 4 is 12.1 Å². The molecule has 7 nitrogen and oxygen atoms in total. The summed E-state index contributed by atoms with van der Waals surface area (Å²) in [6, 6.07) is 22.6. The van der Waals surface area contributed by atoms with Crippen LogP contribution in [0.2, 0.25) is 0 Å². The van der Waals surface area contributed by atoms with Crippen molar-refractivity contribution in [3.63, 3.8) is 0 Å². The van der Waals surface area contributed by atoms with E-state index < -0.39 is 5.91 Å².